The monoisotopic (exact) mass is 531 g/mol. The van der Waals surface area contributed by atoms with Crippen molar-refractivity contribution in [1.82, 2.24) is 4.98 Å². The summed E-state index contributed by atoms with van der Waals surface area (Å²) in [6, 6.07) is 14.7. The van der Waals surface area contributed by atoms with E-state index in [2.05, 4.69) is 31.5 Å². The SMILES string of the molecule is CC(Sc1cccc(NC(=O)/C=C/C(=O)O)c1)C(=O)Nc1nc(-c2ccc(Br)cc2)cs1. The number of amides is 2. The van der Waals surface area contributed by atoms with Gasteiger partial charge in [0.1, 0.15) is 0 Å². The van der Waals surface area contributed by atoms with Gasteiger partial charge in [-0.25, -0.2) is 9.78 Å². The molecule has 0 aliphatic heterocycles. The Bertz CT molecular complexity index is 1160. The molecule has 10 heteroatoms. The maximum atomic E-state index is 12.6. The predicted octanol–water partition coefficient (Wildman–Crippen LogP) is 5.27. The van der Waals surface area contributed by atoms with Gasteiger partial charge in [-0.3, -0.25) is 9.59 Å². The van der Waals surface area contributed by atoms with Crippen molar-refractivity contribution in [2.24, 2.45) is 0 Å². The van der Waals surface area contributed by atoms with Crippen molar-refractivity contribution in [2.75, 3.05) is 10.6 Å². The van der Waals surface area contributed by atoms with Crippen LogP contribution in [0.4, 0.5) is 10.8 Å². The number of aromatic nitrogens is 1. The van der Waals surface area contributed by atoms with Crippen LogP contribution < -0.4 is 10.6 Å². The first-order valence-electron chi connectivity index (χ1n) is 9.31. The molecule has 164 valence electrons. The molecule has 0 aliphatic rings. The fourth-order valence-electron chi connectivity index (χ4n) is 2.53. The topological polar surface area (TPSA) is 108 Å². The lowest BCUT2D eigenvalue weighted by molar-refractivity contribution is -0.131. The second-order valence-corrected chi connectivity index (χ2v) is 9.67. The molecule has 1 atom stereocenters. The number of carbonyl (C=O) groups is 3. The summed E-state index contributed by atoms with van der Waals surface area (Å²) in [6.07, 6.45) is 1.70. The molecular formula is C22H18BrN3O4S2. The Kier molecular flexibility index (Phi) is 8.20. The van der Waals surface area contributed by atoms with E-state index < -0.39 is 17.1 Å². The number of halogens is 1. The summed E-state index contributed by atoms with van der Waals surface area (Å²) in [5.74, 6) is -1.94. The Balaban J connectivity index is 1.58. The summed E-state index contributed by atoms with van der Waals surface area (Å²) < 4.78 is 0.983. The number of thioether (sulfide) groups is 1. The van der Waals surface area contributed by atoms with Crippen LogP contribution in [0, 0.1) is 0 Å². The molecule has 3 rings (SSSR count). The van der Waals surface area contributed by atoms with Crippen molar-refractivity contribution in [3.63, 3.8) is 0 Å². The normalized spacial score (nSPS) is 11.8. The molecule has 3 aromatic rings. The second-order valence-electron chi connectivity index (χ2n) is 6.48. The molecule has 0 radical (unpaired) electrons. The molecule has 0 spiro atoms. The van der Waals surface area contributed by atoms with Crippen LogP contribution in [-0.2, 0) is 14.4 Å². The summed E-state index contributed by atoms with van der Waals surface area (Å²) in [4.78, 5) is 40.1. The summed E-state index contributed by atoms with van der Waals surface area (Å²) >= 11 is 6.09. The van der Waals surface area contributed by atoms with E-state index in [9.17, 15) is 14.4 Å². The smallest absolute Gasteiger partial charge is 0.328 e. The van der Waals surface area contributed by atoms with E-state index in [0.29, 0.717) is 10.8 Å². The van der Waals surface area contributed by atoms with Gasteiger partial charge >= 0.3 is 5.97 Å². The van der Waals surface area contributed by atoms with E-state index in [1.165, 1.54) is 23.1 Å². The van der Waals surface area contributed by atoms with Crippen LogP contribution >= 0.6 is 39.0 Å². The molecule has 1 heterocycles. The number of nitrogens with one attached hydrogen (secondary N) is 2. The van der Waals surface area contributed by atoms with Gasteiger partial charge in [-0.2, -0.15) is 0 Å². The van der Waals surface area contributed by atoms with Crippen LogP contribution in [0.1, 0.15) is 6.92 Å². The molecule has 0 bridgehead atoms. The number of nitrogens with zero attached hydrogens (tertiary/aromatic N) is 1. The zero-order chi connectivity index (χ0) is 23.1. The molecule has 1 unspecified atom stereocenters. The highest BCUT2D eigenvalue weighted by atomic mass is 79.9. The van der Waals surface area contributed by atoms with Gasteiger partial charge in [-0.15, -0.1) is 23.1 Å². The molecule has 7 nitrogen and oxygen atoms in total. The van der Waals surface area contributed by atoms with Gasteiger partial charge in [0.05, 0.1) is 10.9 Å². The van der Waals surface area contributed by atoms with E-state index in [4.69, 9.17) is 5.11 Å². The number of aliphatic carboxylic acids is 1. The predicted molar refractivity (Wildman–Crippen MR) is 131 cm³/mol. The first-order valence-corrected chi connectivity index (χ1v) is 11.9. The second kappa shape index (κ2) is 11.1. The minimum atomic E-state index is -1.20. The lowest BCUT2D eigenvalue weighted by Gasteiger charge is -2.11. The molecule has 32 heavy (non-hydrogen) atoms. The van der Waals surface area contributed by atoms with Crippen molar-refractivity contribution < 1.29 is 19.5 Å². The number of anilines is 2. The summed E-state index contributed by atoms with van der Waals surface area (Å²) in [5, 5.41) is 16.0. The molecule has 0 saturated carbocycles. The van der Waals surface area contributed by atoms with Gasteiger partial charge < -0.3 is 15.7 Å². The van der Waals surface area contributed by atoms with Gasteiger partial charge in [0, 0.05) is 38.2 Å². The van der Waals surface area contributed by atoms with E-state index in [1.807, 2.05) is 35.7 Å². The standard InChI is InChI=1S/C22H18BrN3O4S2/c1-13(32-17-4-2-3-16(11-17)24-19(27)9-10-20(28)29)21(30)26-22-25-18(12-31-22)14-5-7-15(23)8-6-14/h2-13H,1H3,(H,24,27)(H,28,29)(H,25,26,30)/b10-9+. The first kappa shape index (κ1) is 23.7. The largest absolute Gasteiger partial charge is 0.478 e. The van der Waals surface area contributed by atoms with Gasteiger partial charge in [0.25, 0.3) is 0 Å². The van der Waals surface area contributed by atoms with Crippen LogP contribution in [0.3, 0.4) is 0 Å². The summed E-state index contributed by atoms with van der Waals surface area (Å²) in [7, 11) is 0. The van der Waals surface area contributed by atoms with Gasteiger partial charge in [-0.05, 0) is 37.3 Å². The molecule has 0 saturated heterocycles. The van der Waals surface area contributed by atoms with Gasteiger partial charge in [-0.1, -0.05) is 34.1 Å². The average molecular weight is 532 g/mol. The number of hydrogen-bond acceptors (Lipinski definition) is 6. The van der Waals surface area contributed by atoms with Crippen LogP contribution in [0.15, 0.2) is 75.4 Å². The van der Waals surface area contributed by atoms with Crippen molar-refractivity contribution in [3.8, 4) is 11.3 Å². The van der Waals surface area contributed by atoms with E-state index >= 15 is 0 Å². The van der Waals surface area contributed by atoms with Crippen molar-refractivity contribution in [2.45, 2.75) is 17.1 Å². The highest BCUT2D eigenvalue weighted by Gasteiger charge is 2.17. The summed E-state index contributed by atoms with van der Waals surface area (Å²) in [5.41, 5.74) is 2.25. The van der Waals surface area contributed by atoms with E-state index in [0.717, 1.165) is 32.8 Å². The van der Waals surface area contributed by atoms with Crippen LogP contribution in [-0.4, -0.2) is 33.1 Å². The highest BCUT2D eigenvalue weighted by molar-refractivity contribution is 9.10. The van der Waals surface area contributed by atoms with Gasteiger partial charge in [0.15, 0.2) is 5.13 Å². The third-order valence-electron chi connectivity index (χ3n) is 4.04. The fourth-order valence-corrected chi connectivity index (χ4v) is 4.44. The fraction of sp³-hybridized carbons (Fsp3) is 0.0909. The number of carboxylic acid groups (broad SMARTS) is 1. The minimum Gasteiger partial charge on any atom is -0.478 e. The van der Waals surface area contributed by atoms with Gasteiger partial charge in [0.2, 0.25) is 11.8 Å². The van der Waals surface area contributed by atoms with Crippen LogP contribution in [0.2, 0.25) is 0 Å². The maximum absolute atomic E-state index is 12.6. The average Bonchev–Trinajstić information content (AvgIpc) is 3.21. The third-order valence-corrected chi connectivity index (χ3v) is 6.42. The molecule has 3 N–H and O–H groups in total. The molecule has 2 aromatic carbocycles. The van der Waals surface area contributed by atoms with Crippen molar-refractivity contribution in [3.05, 3.63) is 70.5 Å². The number of rotatable bonds is 8. The van der Waals surface area contributed by atoms with E-state index in [-0.39, 0.29) is 5.91 Å². The van der Waals surface area contributed by atoms with Crippen molar-refractivity contribution in [1.29, 1.82) is 0 Å². The zero-order valence-corrected chi connectivity index (χ0v) is 20.0. The quantitative estimate of drug-likeness (QED) is 0.270. The number of hydrogen-bond donors (Lipinski definition) is 3. The first-order chi connectivity index (χ1) is 15.3. The Hall–Kier alpha value is -2.95. The number of benzene rings is 2. The van der Waals surface area contributed by atoms with E-state index in [1.54, 1.807) is 25.1 Å². The lowest BCUT2D eigenvalue weighted by atomic mass is 10.2. The highest BCUT2D eigenvalue weighted by Crippen LogP contribution is 2.29. The molecular weight excluding hydrogens is 514 g/mol. The maximum Gasteiger partial charge on any atom is 0.328 e. The Morgan fingerprint density at radius 2 is 1.88 bits per heavy atom. The Morgan fingerprint density at radius 1 is 1.12 bits per heavy atom. The van der Waals surface area contributed by atoms with Crippen LogP contribution in [0.5, 0.6) is 0 Å². The molecule has 0 fully saturated rings. The summed E-state index contributed by atoms with van der Waals surface area (Å²) in [6.45, 7) is 1.78. The molecule has 1 aromatic heterocycles. The molecule has 0 aliphatic carbocycles. The number of carbonyl (C=O) groups excluding carboxylic acids is 2. The third kappa shape index (κ3) is 7.04. The van der Waals surface area contributed by atoms with Crippen molar-refractivity contribution >= 4 is 67.6 Å². The Labute approximate surface area is 201 Å². The van der Waals surface area contributed by atoms with Crippen LogP contribution in [0.25, 0.3) is 11.3 Å². The zero-order valence-electron chi connectivity index (χ0n) is 16.7. The Morgan fingerprint density at radius 3 is 2.59 bits per heavy atom. The number of thiazole rings is 1. The minimum absolute atomic E-state index is 0.189. The molecule has 2 amide bonds. The number of carboxylic acids is 1. The lowest BCUT2D eigenvalue weighted by Crippen LogP contribution is -2.22.